The number of aliphatic imine (C=N–C) groups is 1. The highest BCUT2D eigenvalue weighted by Crippen LogP contribution is 2.26. The predicted octanol–water partition coefficient (Wildman–Crippen LogP) is 2.87. The van der Waals surface area contributed by atoms with Crippen LogP contribution in [0.2, 0.25) is 10.2 Å². The quantitative estimate of drug-likeness (QED) is 0.554. The number of guanidine groups is 1. The van der Waals surface area contributed by atoms with Crippen molar-refractivity contribution in [3.8, 4) is 0 Å². The second-order valence-corrected chi connectivity index (χ2v) is 6.58. The fraction of sp³-hybridized carbons (Fsp3) is 0.688. The smallest absolute Gasteiger partial charge is 0.191 e. The molecule has 0 aromatic carbocycles. The van der Waals surface area contributed by atoms with Crippen molar-refractivity contribution < 1.29 is 0 Å². The van der Waals surface area contributed by atoms with Gasteiger partial charge in [-0.1, -0.05) is 30.1 Å². The zero-order chi connectivity index (χ0) is 16.8. The Bertz CT molecular complexity index is 537. The molecule has 0 radical (unpaired) electrons. The fourth-order valence-corrected chi connectivity index (χ4v) is 3.01. The summed E-state index contributed by atoms with van der Waals surface area (Å²) in [7, 11) is 1.90. The van der Waals surface area contributed by atoms with Crippen LogP contribution in [0.3, 0.4) is 0 Å². The molecule has 0 unspecified atom stereocenters. The topological polar surface area (TPSA) is 44.6 Å². The molecule has 5 nitrogen and oxygen atoms in total. The minimum Gasteiger partial charge on any atom is -0.357 e. The molecule has 0 atom stereocenters. The summed E-state index contributed by atoms with van der Waals surface area (Å²) in [6, 6.07) is 2.66. The first-order chi connectivity index (χ1) is 11.1. The Kier molecular flexibility index (Phi) is 7.06. The lowest BCUT2D eigenvalue weighted by Crippen LogP contribution is -2.42. The third-order valence-corrected chi connectivity index (χ3v) is 4.96. The van der Waals surface area contributed by atoms with E-state index < -0.39 is 0 Å². The monoisotopic (exact) mass is 359 g/mol. The first-order valence-corrected chi connectivity index (χ1v) is 9.08. The summed E-state index contributed by atoms with van der Waals surface area (Å²) in [6.07, 6.45) is 2.69. The Morgan fingerprint density at radius 3 is 2.61 bits per heavy atom. The van der Waals surface area contributed by atoms with Gasteiger partial charge in [-0.3, -0.25) is 4.90 Å². The van der Waals surface area contributed by atoms with Gasteiger partial charge in [-0.2, -0.15) is 0 Å². The zero-order valence-electron chi connectivity index (χ0n) is 14.2. The number of rotatable bonds is 8. The van der Waals surface area contributed by atoms with Crippen LogP contribution in [0.5, 0.6) is 0 Å². The van der Waals surface area contributed by atoms with Crippen LogP contribution >= 0.6 is 23.2 Å². The Hall–Kier alpha value is -0.910. The van der Waals surface area contributed by atoms with Crippen molar-refractivity contribution in [2.24, 2.45) is 12.0 Å². The number of nitrogens with one attached hydrogen (secondary N) is 2. The molecule has 1 saturated carbocycles. The van der Waals surface area contributed by atoms with Crippen LogP contribution in [0, 0.1) is 0 Å². The van der Waals surface area contributed by atoms with E-state index in [1.807, 2.05) is 17.7 Å². The number of nitrogens with zero attached hydrogens (tertiary/aromatic N) is 3. The molecule has 1 fully saturated rings. The summed E-state index contributed by atoms with van der Waals surface area (Å²) in [5.41, 5.74) is 0.991. The molecule has 0 bridgehead atoms. The maximum absolute atomic E-state index is 6.09. The number of halogens is 2. The van der Waals surface area contributed by atoms with Gasteiger partial charge in [-0.05, 0) is 32.4 Å². The van der Waals surface area contributed by atoms with Crippen LogP contribution in [-0.2, 0) is 13.6 Å². The highest BCUT2D eigenvalue weighted by Gasteiger charge is 2.27. The number of hydrogen-bond donors (Lipinski definition) is 2. The van der Waals surface area contributed by atoms with Crippen LogP contribution in [0.25, 0.3) is 0 Å². The highest BCUT2D eigenvalue weighted by molar-refractivity contribution is 6.41. The molecule has 0 amide bonds. The SMILES string of the molecule is CCNC(=NCc1cc(Cl)c(Cl)n1C)NCCN(CC)C1CC1. The maximum atomic E-state index is 6.09. The first-order valence-electron chi connectivity index (χ1n) is 8.32. The van der Waals surface area contributed by atoms with Gasteiger partial charge in [0.05, 0.1) is 11.6 Å². The third-order valence-electron chi connectivity index (χ3n) is 4.12. The molecule has 1 aromatic rings. The molecule has 0 saturated heterocycles. The second-order valence-electron chi connectivity index (χ2n) is 5.82. The van der Waals surface area contributed by atoms with Crippen molar-refractivity contribution in [1.29, 1.82) is 0 Å². The molecular formula is C16H27Cl2N5. The lowest BCUT2D eigenvalue weighted by molar-refractivity contribution is 0.282. The van der Waals surface area contributed by atoms with E-state index in [0.717, 1.165) is 43.9 Å². The molecule has 0 spiro atoms. The average Bonchev–Trinajstić information content (AvgIpc) is 3.34. The van der Waals surface area contributed by atoms with E-state index in [-0.39, 0.29) is 0 Å². The lowest BCUT2D eigenvalue weighted by atomic mass is 10.4. The van der Waals surface area contributed by atoms with Gasteiger partial charge in [-0.15, -0.1) is 0 Å². The third kappa shape index (κ3) is 5.30. The molecule has 1 heterocycles. The van der Waals surface area contributed by atoms with E-state index in [2.05, 4.69) is 34.4 Å². The Labute approximate surface area is 149 Å². The summed E-state index contributed by atoms with van der Waals surface area (Å²) in [4.78, 5) is 7.14. The van der Waals surface area contributed by atoms with Crippen molar-refractivity contribution in [2.45, 2.75) is 39.3 Å². The van der Waals surface area contributed by atoms with Crippen LogP contribution in [-0.4, -0.2) is 47.6 Å². The van der Waals surface area contributed by atoms with E-state index >= 15 is 0 Å². The van der Waals surface area contributed by atoms with E-state index in [9.17, 15) is 0 Å². The highest BCUT2D eigenvalue weighted by atomic mass is 35.5. The largest absolute Gasteiger partial charge is 0.357 e. The van der Waals surface area contributed by atoms with E-state index in [1.165, 1.54) is 12.8 Å². The van der Waals surface area contributed by atoms with Crippen molar-refractivity contribution in [3.63, 3.8) is 0 Å². The van der Waals surface area contributed by atoms with Gasteiger partial charge < -0.3 is 15.2 Å². The van der Waals surface area contributed by atoms with Crippen molar-refractivity contribution in [1.82, 2.24) is 20.1 Å². The number of aromatic nitrogens is 1. The molecule has 1 aromatic heterocycles. The Morgan fingerprint density at radius 2 is 2.09 bits per heavy atom. The molecule has 1 aliphatic rings. The van der Waals surface area contributed by atoms with Crippen molar-refractivity contribution >= 4 is 29.2 Å². The summed E-state index contributed by atoms with van der Waals surface area (Å²) < 4.78 is 1.86. The lowest BCUT2D eigenvalue weighted by Gasteiger charge is -2.20. The first kappa shape index (κ1) is 18.4. The summed E-state index contributed by atoms with van der Waals surface area (Å²) >= 11 is 12.1. The van der Waals surface area contributed by atoms with E-state index in [1.54, 1.807) is 0 Å². The van der Waals surface area contributed by atoms with Crippen LogP contribution in [0.1, 0.15) is 32.4 Å². The van der Waals surface area contributed by atoms with Gasteiger partial charge in [0.25, 0.3) is 0 Å². The number of hydrogen-bond acceptors (Lipinski definition) is 2. The summed E-state index contributed by atoms with van der Waals surface area (Å²) in [5.74, 6) is 0.827. The zero-order valence-corrected chi connectivity index (χ0v) is 15.7. The van der Waals surface area contributed by atoms with Crippen molar-refractivity contribution in [3.05, 3.63) is 21.9 Å². The molecule has 23 heavy (non-hydrogen) atoms. The molecule has 2 rings (SSSR count). The van der Waals surface area contributed by atoms with Crippen molar-refractivity contribution in [2.75, 3.05) is 26.2 Å². The van der Waals surface area contributed by atoms with Gasteiger partial charge in [0.15, 0.2) is 5.96 Å². The Morgan fingerprint density at radius 1 is 1.35 bits per heavy atom. The molecule has 130 valence electrons. The average molecular weight is 360 g/mol. The summed E-state index contributed by atoms with van der Waals surface area (Å²) in [5, 5.41) is 7.80. The maximum Gasteiger partial charge on any atom is 0.191 e. The fourth-order valence-electron chi connectivity index (χ4n) is 2.60. The van der Waals surface area contributed by atoms with Crippen LogP contribution in [0.15, 0.2) is 11.1 Å². The molecule has 2 N–H and O–H groups in total. The van der Waals surface area contributed by atoms with Gasteiger partial charge >= 0.3 is 0 Å². The van der Waals surface area contributed by atoms with Gasteiger partial charge in [0.2, 0.25) is 0 Å². The molecule has 7 heteroatoms. The molecule has 1 aliphatic carbocycles. The summed E-state index contributed by atoms with van der Waals surface area (Å²) in [6.45, 7) is 8.72. The minimum absolute atomic E-state index is 0.540. The molecular weight excluding hydrogens is 333 g/mol. The second kappa shape index (κ2) is 8.81. The predicted molar refractivity (Wildman–Crippen MR) is 98.5 cm³/mol. The number of likely N-dealkylation sites (N-methyl/N-ethyl adjacent to an activating group) is 1. The van der Waals surface area contributed by atoms with E-state index in [0.29, 0.717) is 16.7 Å². The van der Waals surface area contributed by atoms with Crippen LogP contribution in [0.4, 0.5) is 0 Å². The van der Waals surface area contributed by atoms with Gasteiger partial charge in [0, 0.05) is 38.4 Å². The normalized spacial score (nSPS) is 15.3. The Balaban J connectivity index is 1.87. The van der Waals surface area contributed by atoms with Crippen LogP contribution < -0.4 is 10.6 Å². The minimum atomic E-state index is 0.540. The van der Waals surface area contributed by atoms with E-state index in [4.69, 9.17) is 23.2 Å². The standard InChI is InChI=1S/C16H27Cl2N5/c1-4-19-16(20-8-9-23(5-2)12-6-7-12)21-11-13-10-14(17)15(18)22(13)3/h10,12H,4-9,11H2,1-3H3,(H2,19,20,21). The van der Waals surface area contributed by atoms with Gasteiger partial charge in [-0.25, -0.2) is 4.99 Å². The molecule has 0 aliphatic heterocycles. The van der Waals surface area contributed by atoms with Gasteiger partial charge in [0.1, 0.15) is 5.15 Å².